The number of benzene rings is 2. The van der Waals surface area contributed by atoms with Crippen LogP contribution >= 0.6 is 11.3 Å². The summed E-state index contributed by atoms with van der Waals surface area (Å²) in [7, 11) is 0. The number of carbonyl (C=O) groups excluding carboxylic acids is 1. The Kier molecular flexibility index (Phi) is 4.53. The van der Waals surface area contributed by atoms with Crippen molar-refractivity contribution in [2.45, 2.75) is 6.54 Å². The smallest absolute Gasteiger partial charge is 0.301 e. The Morgan fingerprint density at radius 1 is 1.04 bits per heavy atom. The van der Waals surface area contributed by atoms with Crippen LogP contribution in [-0.4, -0.2) is 25.5 Å². The van der Waals surface area contributed by atoms with Gasteiger partial charge in [-0.1, -0.05) is 53.7 Å². The van der Waals surface area contributed by atoms with Gasteiger partial charge in [0, 0.05) is 18.1 Å². The van der Waals surface area contributed by atoms with Gasteiger partial charge in [-0.2, -0.15) is 4.99 Å². The Labute approximate surface area is 153 Å². The van der Waals surface area contributed by atoms with Gasteiger partial charge in [0.1, 0.15) is 0 Å². The molecule has 0 atom stereocenters. The molecule has 0 aliphatic heterocycles. The van der Waals surface area contributed by atoms with Crippen molar-refractivity contribution in [2.24, 2.45) is 4.99 Å². The summed E-state index contributed by atoms with van der Waals surface area (Å²) in [5.74, 6) is -0.406. The molecule has 0 bridgehead atoms. The van der Waals surface area contributed by atoms with E-state index in [1.165, 1.54) is 11.3 Å². The van der Waals surface area contributed by atoms with Crippen LogP contribution in [-0.2, 0) is 6.54 Å². The molecule has 0 spiro atoms. The molecule has 2 aromatic carbocycles. The lowest BCUT2D eigenvalue weighted by Gasteiger charge is -2.02. The molecule has 0 unspecified atom stereocenters. The number of carbonyl (C=O) groups is 1. The predicted octanol–water partition coefficient (Wildman–Crippen LogP) is 2.92. The average molecular weight is 361 g/mol. The molecule has 0 saturated heterocycles. The highest BCUT2D eigenvalue weighted by Crippen LogP contribution is 2.07. The standard InChI is InChI=1S/C19H15N5OS/c25-18(17-14-24(22-21-17)16-9-5-2-6-10-16)20-19-23(11-12-26-19)13-15-7-3-1-4-8-15/h1-12,14H,13H2. The highest BCUT2D eigenvalue weighted by molar-refractivity contribution is 7.07. The van der Waals surface area contributed by atoms with Gasteiger partial charge in [-0.15, -0.1) is 16.4 Å². The highest BCUT2D eigenvalue weighted by atomic mass is 32.1. The maximum atomic E-state index is 12.5. The Hall–Kier alpha value is -3.32. The Morgan fingerprint density at radius 2 is 1.77 bits per heavy atom. The number of aromatic nitrogens is 4. The zero-order valence-corrected chi connectivity index (χ0v) is 14.6. The van der Waals surface area contributed by atoms with Crippen molar-refractivity contribution in [3.8, 4) is 5.69 Å². The summed E-state index contributed by atoms with van der Waals surface area (Å²) in [4.78, 5) is 17.3. The second kappa shape index (κ2) is 7.28. The molecule has 2 heterocycles. The maximum absolute atomic E-state index is 12.5. The minimum atomic E-state index is -0.406. The molecular weight excluding hydrogens is 346 g/mol. The number of para-hydroxylation sites is 1. The molecular formula is C19H15N5OS. The molecule has 128 valence electrons. The molecule has 6 nitrogen and oxygen atoms in total. The van der Waals surface area contributed by atoms with E-state index in [1.54, 1.807) is 10.9 Å². The van der Waals surface area contributed by atoms with Gasteiger partial charge in [0.05, 0.1) is 11.9 Å². The molecule has 0 saturated carbocycles. The first-order chi connectivity index (χ1) is 12.8. The molecule has 7 heteroatoms. The SMILES string of the molecule is O=C(N=c1sccn1Cc1ccccc1)c1cn(-c2ccccc2)nn1. The number of hydrogen-bond donors (Lipinski definition) is 0. The second-order valence-electron chi connectivity index (χ2n) is 5.60. The van der Waals surface area contributed by atoms with Crippen molar-refractivity contribution in [1.82, 2.24) is 19.6 Å². The lowest BCUT2D eigenvalue weighted by Crippen LogP contribution is -2.17. The summed E-state index contributed by atoms with van der Waals surface area (Å²) in [5, 5.41) is 9.87. The lowest BCUT2D eigenvalue weighted by molar-refractivity contribution is 0.0993. The zero-order valence-electron chi connectivity index (χ0n) is 13.8. The first-order valence-electron chi connectivity index (χ1n) is 8.04. The molecule has 26 heavy (non-hydrogen) atoms. The summed E-state index contributed by atoms with van der Waals surface area (Å²) in [6.07, 6.45) is 3.51. The van der Waals surface area contributed by atoms with E-state index in [0.29, 0.717) is 11.3 Å². The van der Waals surface area contributed by atoms with Crippen molar-refractivity contribution in [1.29, 1.82) is 0 Å². The lowest BCUT2D eigenvalue weighted by atomic mass is 10.2. The Morgan fingerprint density at radius 3 is 2.54 bits per heavy atom. The fourth-order valence-electron chi connectivity index (χ4n) is 2.50. The quantitative estimate of drug-likeness (QED) is 0.561. The van der Waals surface area contributed by atoms with Gasteiger partial charge < -0.3 is 4.57 Å². The van der Waals surface area contributed by atoms with E-state index in [-0.39, 0.29) is 5.69 Å². The van der Waals surface area contributed by atoms with Gasteiger partial charge in [-0.3, -0.25) is 4.79 Å². The van der Waals surface area contributed by atoms with Crippen LogP contribution in [0.4, 0.5) is 0 Å². The predicted molar refractivity (Wildman–Crippen MR) is 99.1 cm³/mol. The number of amides is 1. The van der Waals surface area contributed by atoms with Crippen LogP contribution in [0.3, 0.4) is 0 Å². The minimum absolute atomic E-state index is 0.216. The largest absolute Gasteiger partial charge is 0.319 e. The van der Waals surface area contributed by atoms with E-state index in [1.807, 2.05) is 76.8 Å². The van der Waals surface area contributed by atoms with Crippen molar-refractivity contribution < 1.29 is 4.79 Å². The fraction of sp³-hybridized carbons (Fsp3) is 0.0526. The van der Waals surface area contributed by atoms with Crippen molar-refractivity contribution in [3.05, 3.63) is 94.5 Å². The summed E-state index contributed by atoms with van der Waals surface area (Å²) >= 11 is 1.42. The third-order valence-corrected chi connectivity index (χ3v) is 4.58. The van der Waals surface area contributed by atoms with Gasteiger partial charge in [0.25, 0.3) is 0 Å². The summed E-state index contributed by atoms with van der Waals surface area (Å²) in [5.41, 5.74) is 2.21. The third kappa shape index (κ3) is 3.52. The molecule has 0 radical (unpaired) electrons. The van der Waals surface area contributed by atoms with Crippen molar-refractivity contribution in [2.75, 3.05) is 0 Å². The van der Waals surface area contributed by atoms with Crippen LogP contribution in [0.15, 0.2) is 83.4 Å². The number of rotatable bonds is 4. The molecule has 2 aromatic heterocycles. The molecule has 4 rings (SSSR count). The highest BCUT2D eigenvalue weighted by Gasteiger charge is 2.11. The van der Waals surface area contributed by atoms with E-state index in [4.69, 9.17) is 0 Å². The summed E-state index contributed by atoms with van der Waals surface area (Å²) < 4.78 is 3.51. The van der Waals surface area contributed by atoms with E-state index in [2.05, 4.69) is 15.3 Å². The molecule has 4 aromatic rings. The van der Waals surface area contributed by atoms with Gasteiger partial charge in [-0.25, -0.2) is 4.68 Å². The Balaban J connectivity index is 1.59. The summed E-state index contributed by atoms with van der Waals surface area (Å²) in [6, 6.07) is 19.6. The number of hydrogen-bond acceptors (Lipinski definition) is 4. The first kappa shape index (κ1) is 16.2. The zero-order chi connectivity index (χ0) is 17.8. The van der Waals surface area contributed by atoms with E-state index < -0.39 is 5.91 Å². The molecule has 0 aliphatic carbocycles. The number of nitrogens with zero attached hydrogens (tertiary/aromatic N) is 5. The Bertz CT molecular complexity index is 1080. The van der Waals surface area contributed by atoms with Crippen LogP contribution in [0.2, 0.25) is 0 Å². The topological polar surface area (TPSA) is 65.1 Å². The van der Waals surface area contributed by atoms with Crippen LogP contribution < -0.4 is 4.80 Å². The maximum Gasteiger partial charge on any atom is 0.301 e. The van der Waals surface area contributed by atoms with Crippen molar-refractivity contribution in [3.63, 3.8) is 0 Å². The van der Waals surface area contributed by atoms with Gasteiger partial charge in [-0.05, 0) is 17.7 Å². The van der Waals surface area contributed by atoms with E-state index in [0.717, 1.165) is 11.3 Å². The summed E-state index contributed by atoms with van der Waals surface area (Å²) in [6.45, 7) is 0.660. The van der Waals surface area contributed by atoms with E-state index in [9.17, 15) is 4.79 Å². The van der Waals surface area contributed by atoms with Crippen LogP contribution in [0, 0.1) is 0 Å². The van der Waals surface area contributed by atoms with Crippen LogP contribution in [0.25, 0.3) is 5.69 Å². The van der Waals surface area contributed by atoms with Crippen LogP contribution in [0.1, 0.15) is 16.1 Å². The minimum Gasteiger partial charge on any atom is -0.319 e. The van der Waals surface area contributed by atoms with Gasteiger partial charge in [0.15, 0.2) is 10.5 Å². The van der Waals surface area contributed by atoms with Gasteiger partial charge in [0.2, 0.25) is 0 Å². The molecule has 1 amide bonds. The molecule has 0 N–H and O–H groups in total. The molecule has 0 aliphatic rings. The molecule has 0 fully saturated rings. The van der Waals surface area contributed by atoms with Crippen LogP contribution in [0.5, 0.6) is 0 Å². The van der Waals surface area contributed by atoms with Crippen molar-refractivity contribution >= 4 is 17.2 Å². The monoisotopic (exact) mass is 361 g/mol. The second-order valence-corrected chi connectivity index (χ2v) is 6.47. The van der Waals surface area contributed by atoms with E-state index >= 15 is 0 Å². The fourth-order valence-corrected chi connectivity index (χ4v) is 3.23. The normalized spacial score (nSPS) is 11.6. The first-order valence-corrected chi connectivity index (χ1v) is 8.92. The average Bonchev–Trinajstić information content (AvgIpc) is 3.34. The van der Waals surface area contributed by atoms with Gasteiger partial charge >= 0.3 is 5.91 Å². The third-order valence-electron chi connectivity index (χ3n) is 3.79. The number of thiazole rings is 1.